The molecule has 17 heavy (non-hydrogen) atoms. The van der Waals surface area contributed by atoms with Crippen LogP contribution in [-0.4, -0.2) is 12.5 Å². The van der Waals surface area contributed by atoms with Crippen LogP contribution in [0.1, 0.15) is 23.5 Å². The highest BCUT2D eigenvalue weighted by Gasteiger charge is 2.34. The van der Waals surface area contributed by atoms with Crippen molar-refractivity contribution in [1.29, 1.82) is 0 Å². The van der Waals surface area contributed by atoms with Gasteiger partial charge in [0.1, 0.15) is 0 Å². The van der Waals surface area contributed by atoms with E-state index in [-0.39, 0.29) is 23.9 Å². The zero-order valence-corrected chi connectivity index (χ0v) is 8.84. The molecule has 1 aliphatic heterocycles. The normalized spacial score (nSPS) is 20.4. The summed E-state index contributed by atoms with van der Waals surface area (Å²) >= 11 is 0. The van der Waals surface area contributed by atoms with Crippen molar-refractivity contribution in [3.63, 3.8) is 0 Å². The van der Waals surface area contributed by atoms with Gasteiger partial charge in [0, 0.05) is 24.6 Å². The second-order valence-corrected chi connectivity index (χ2v) is 4.05. The van der Waals surface area contributed by atoms with Gasteiger partial charge in [0.15, 0.2) is 0 Å². The summed E-state index contributed by atoms with van der Waals surface area (Å²) in [4.78, 5) is 11.0. The van der Waals surface area contributed by atoms with Crippen molar-refractivity contribution in [3.05, 3.63) is 29.3 Å². The minimum atomic E-state index is -4.46. The first kappa shape index (κ1) is 11.8. The third kappa shape index (κ3) is 2.35. The van der Waals surface area contributed by atoms with Crippen LogP contribution in [0.15, 0.2) is 18.2 Å². The largest absolute Gasteiger partial charge is 0.418 e. The van der Waals surface area contributed by atoms with Gasteiger partial charge in [-0.1, -0.05) is 6.07 Å². The molecule has 1 amide bonds. The molecule has 0 radical (unpaired) electrons. The Balaban J connectivity index is 2.34. The van der Waals surface area contributed by atoms with Crippen molar-refractivity contribution in [1.82, 2.24) is 5.32 Å². The van der Waals surface area contributed by atoms with E-state index in [9.17, 15) is 18.0 Å². The van der Waals surface area contributed by atoms with Gasteiger partial charge in [-0.3, -0.25) is 4.79 Å². The van der Waals surface area contributed by atoms with E-state index in [0.29, 0.717) is 12.1 Å². The number of carbonyl (C=O) groups is 1. The summed E-state index contributed by atoms with van der Waals surface area (Å²) in [6.45, 7) is 0.375. The molecule has 3 N–H and O–H groups in total. The summed E-state index contributed by atoms with van der Waals surface area (Å²) in [5, 5.41) is 2.59. The second-order valence-electron chi connectivity index (χ2n) is 4.05. The Labute approximate surface area is 95.8 Å². The van der Waals surface area contributed by atoms with Crippen LogP contribution in [0.5, 0.6) is 0 Å². The molecule has 1 heterocycles. The molecule has 6 heteroatoms. The zero-order valence-electron chi connectivity index (χ0n) is 8.84. The minimum absolute atomic E-state index is 0.139. The number of anilines is 1. The maximum atomic E-state index is 12.6. The van der Waals surface area contributed by atoms with E-state index in [2.05, 4.69) is 5.32 Å². The molecule has 3 nitrogen and oxygen atoms in total. The van der Waals surface area contributed by atoms with Gasteiger partial charge in [-0.2, -0.15) is 13.2 Å². The number of benzene rings is 1. The Hall–Kier alpha value is -1.72. The van der Waals surface area contributed by atoms with E-state index in [4.69, 9.17) is 5.73 Å². The summed E-state index contributed by atoms with van der Waals surface area (Å²) in [5.41, 5.74) is 4.66. The molecule has 0 bridgehead atoms. The molecule has 0 spiro atoms. The van der Waals surface area contributed by atoms with Crippen molar-refractivity contribution >= 4 is 11.6 Å². The van der Waals surface area contributed by atoms with Gasteiger partial charge in [0.05, 0.1) is 5.56 Å². The highest BCUT2D eigenvalue weighted by atomic mass is 19.4. The second kappa shape index (κ2) is 3.94. The number of rotatable bonds is 1. The predicted molar refractivity (Wildman–Crippen MR) is 56.2 cm³/mol. The van der Waals surface area contributed by atoms with Gasteiger partial charge in [0.25, 0.3) is 0 Å². The van der Waals surface area contributed by atoms with Crippen LogP contribution < -0.4 is 11.1 Å². The van der Waals surface area contributed by atoms with Crippen molar-refractivity contribution in [2.24, 2.45) is 0 Å². The van der Waals surface area contributed by atoms with Crippen molar-refractivity contribution in [2.45, 2.75) is 18.5 Å². The van der Waals surface area contributed by atoms with E-state index < -0.39 is 11.7 Å². The zero-order chi connectivity index (χ0) is 12.6. The fourth-order valence-electron chi connectivity index (χ4n) is 1.91. The number of nitrogens with one attached hydrogen (secondary N) is 1. The molecule has 92 valence electrons. The number of nitrogen functional groups attached to an aromatic ring is 1. The first-order chi connectivity index (χ1) is 7.88. The van der Waals surface area contributed by atoms with Crippen LogP contribution in [-0.2, 0) is 11.0 Å². The van der Waals surface area contributed by atoms with Crippen molar-refractivity contribution < 1.29 is 18.0 Å². The van der Waals surface area contributed by atoms with Gasteiger partial charge < -0.3 is 11.1 Å². The first-order valence-corrected chi connectivity index (χ1v) is 5.11. The molecule has 0 unspecified atom stereocenters. The van der Waals surface area contributed by atoms with E-state index in [1.54, 1.807) is 0 Å². The molecule has 1 aliphatic rings. The molecule has 0 aliphatic carbocycles. The van der Waals surface area contributed by atoms with Crippen LogP contribution in [0.2, 0.25) is 0 Å². The molecule has 1 aromatic carbocycles. The predicted octanol–water partition coefficient (Wildman–Crippen LogP) is 1.89. The number of nitrogens with two attached hydrogens (primary N) is 1. The van der Waals surface area contributed by atoms with Crippen LogP contribution in [0.25, 0.3) is 0 Å². The molecule has 1 aromatic rings. The lowest BCUT2D eigenvalue weighted by Gasteiger charge is -2.14. The average molecular weight is 244 g/mol. The van der Waals surface area contributed by atoms with E-state index in [1.807, 2.05) is 0 Å². The standard InChI is InChI=1S/C11H11F3N2O/c12-11(13,14)8-3-6(1-2-9(8)15)7-4-10(17)16-5-7/h1-3,7H,4-5,15H2,(H,16,17)/t7-/m0/s1. The van der Waals surface area contributed by atoms with Gasteiger partial charge in [-0.05, 0) is 17.7 Å². The number of hydrogen-bond donors (Lipinski definition) is 2. The van der Waals surface area contributed by atoms with Gasteiger partial charge in [-0.25, -0.2) is 0 Å². The Morgan fingerprint density at radius 3 is 2.59 bits per heavy atom. The molecule has 0 aromatic heterocycles. The lowest BCUT2D eigenvalue weighted by Crippen LogP contribution is -2.14. The average Bonchev–Trinajstić information content (AvgIpc) is 2.64. The van der Waals surface area contributed by atoms with Gasteiger partial charge in [0.2, 0.25) is 5.91 Å². The third-order valence-corrected chi connectivity index (χ3v) is 2.83. The summed E-state index contributed by atoms with van der Waals surface area (Å²) in [6, 6.07) is 3.80. The number of alkyl halides is 3. The molecular weight excluding hydrogens is 233 g/mol. The number of amides is 1. The Bertz CT molecular complexity index is 457. The fraction of sp³-hybridized carbons (Fsp3) is 0.364. The summed E-state index contributed by atoms with van der Waals surface area (Å²) < 4.78 is 37.9. The first-order valence-electron chi connectivity index (χ1n) is 5.11. The molecule has 0 saturated carbocycles. The Morgan fingerprint density at radius 1 is 1.35 bits per heavy atom. The maximum absolute atomic E-state index is 12.6. The maximum Gasteiger partial charge on any atom is 0.418 e. The quantitative estimate of drug-likeness (QED) is 0.741. The highest BCUT2D eigenvalue weighted by Crippen LogP contribution is 2.36. The van der Waals surface area contributed by atoms with Crippen molar-refractivity contribution in [2.75, 3.05) is 12.3 Å². The van der Waals surface area contributed by atoms with Crippen LogP contribution in [0, 0.1) is 0 Å². The Kier molecular flexibility index (Phi) is 2.73. The van der Waals surface area contributed by atoms with Crippen molar-refractivity contribution in [3.8, 4) is 0 Å². The molecule has 2 rings (SSSR count). The molecular formula is C11H11F3N2O. The van der Waals surface area contributed by atoms with Crippen LogP contribution in [0.3, 0.4) is 0 Å². The Morgan fingerprint density at radius 2 is 2.06 bits per heavy atom. The number of hydrogen-bond acceptors (Lipinski definition) is 2. The summed E-state index contributed by atoms with van der Waals surface area (Å²) in [5.74, 6) is -0.343. The topological polar surface area (TPSA) is 55.1 Å². The van der Waals surface area contributed by atoms with Crippen LogP contribution >= 0.6 is 0 Å². The minimum Gasteiger partial charge on any atom is -0.398 e. The van der Waals surface area contributed by atoms with E-state index in [1.165, 1.54) is 12.1 Å². The lowest BCUT2D eigenvalue weighted by molar-refractivity contribution is -0.137. The SMILES string of the molecule is Nc1ccc([C@@H]2CNC(=O)C2)cc1C(F)(F)F. The third-order valence-electron chi connectivity index (χ3n) is 2.83. The van der Waals surface area contributed by atoms with Crippen LogP contribution in [0.4, 0.5) is 18.9 Å². The molecule has 1 fully saturated rings. The fourth-order valence-corrected chi connectivity index (χ4v) is 1.91. The molecule has 1 saturated heterocycles. The van der Waals surface area contributed by atoms with E-state index >= 15 is 0 Å². The highest BCUT2D eigenvalue weighted by molar-refractivity contribution is 5.79. The lowest BCUT2D eigenvalue weighted by atomic mass is 9.95. The number of carbonyl (C=O) groups excluding carboxylic acids is 1. The number of halogens is 3. The van der Waals surface area contributed by atoms with E-state index in [0.717, 1.165) is 6.07 Å². The summed E-state index contributed by atoms with van der Waals surface area (Å²) in [7, 11) is 0. The van der Waals surface area contributed by atoms with Gasteiger partial charge >= 0.3 is 6.18 Å². The van der Waals surface area contributed by atoms with Gasteiger partial charge in [-0.15, -0.1) is 0 Å². The monoisotopic (exact) mass is 244 g/mol. The molecule has 1 atom stereocenters. The summed E-state index contributed by atoms with van der Waals surface area (Å²) in [6.07, 6.45) is -4.24. The smallest absolute Gasteiger partial charge is 0.398 e.